The van der Waals surface area contributed by atoms with Crippen molar-refractivity contribution in [3.63, 3.8) is 0 Å². The zero-order valence-electron chi connectivity index (χ0n) is 14.9. The van der Waals surface area contributed by atoms with Gasteiger partial charge in [0.05, 0.1) is 12.2 Å². The minimum Gasteiger partial charge on any atom is -0.385 e. The molecule has 0 aromatic heterocycles. The molecule has 138 valence electrons. The number of benzene rings is 2. The van der Waals surface area contributed by atoms with Crippen molar-refractivity contribution in [1.29, 1.82) is 0 Å². The van der Waals surface area contributed by atoms with E-state index < -0.39 is 16.1 Å². The van der Waals surface area contributed by atoms with Gasteiger partial charge in [-0.15, -0.1) is 0 Å². The number of anilines is 1. The number of urea groups is 1. The number of ether oxygens (including phenoxy) is 1. The third-order valence-electron chi connectivity index (χ3n) is 4.39. The van der Waals surface area contributed by atoms with Crippen molar-refractivity contribution in [2.75, 3.05) is 19.0 Å². The summed E-state index contributed by atoms with van der Waals surface area (Å²) in [6.07, 6.45) is 1.72. The van der Waals surface area contributed by atoms with Gasteiger partial charge in [-0.25, -0.2) is 17.5 Å². The molecule has 0 bridgehead atoms. The van der Waals surface area contributed by atoms with Crippen molar-refractivity contribution >= 4 is 21.7 Å². The van der Waals surface area contributed by atoms with E-state index in [2.05, 4.69) is 5.32 Å². The Labute approximate surface area is 153 Å². The first-order valence-electron chi connectivity index (χ1n) is 8.43. The molecule has 0 unspecified atom stereocenters. The zero-order chi connectivity index (χ0) is 18.7. The Morgan fingerprint density at radius 3 is 2.62 bits per heavy atom. The first-order valence-corrected chi connectivity index (χ1v) is 9.87. The number of amides is 2. The van der Waals surface area contributed by atoms with Gasteiger partial charge in [0.2, 0.25) is 0 Å². The number of methoxy groups -OCH3 is 1. The van der Waals surface area contributed by atoms with Crippen LogP contribution in [0, 0.1) is 6.92 Å². The summed E-state index contributed by atoms with van der Waals surface area (Å²) >= 11 is 0. The van der Waals surface area contributed by atoms with Crippen molar-refractivity contribution in [2.45, 2.75) is 31.2 Å². The molecule has 1 heterocycles. The van der Waals surface area contributed by atoms with Crippen LogP contribution in [0.15, 0.2) is 47.4 Å². The third kappa shape index (κ3) is 3.59. The minimum atomic E-state index is -3.89. The van der Waals surface area contributed by atoms with Crippen molar-refractivity contribution < 1.29 is 17.9 Å². The first-order chi connectivity index (χ1) is 12.4. The quantitative estimate of drug-likeness (QED) is 0.787. The molecule has 0 saturated carbocycles. The van der Waals surface area contributed by atoms with E-state index in [0.29, 0.717) is 12.3 Å². The number of nitrogens with one attached hydrogen (secondary N) is 1. The second-order valence-corrected chi connectivity index (χ2v) is 8.14. The summed E-state index contributed by atoms with van der Waals surface area (Å²) in [4.78, 5) is 12.6. The summed E-state index contributed by atoms with van der Waals surface area (Å²) in [6.45, 7) is 2.44. The van der Waals surface area contributed by atoms with E-state index in [1.807, 2.05) is 24.3 Å². The number of para-hydroxylation sites is 1. The normalized spacial score (nSPS) is 15.5. The summed E-state index contributed by atoms with van der Waals surface area (Å²) in [5, 5.41) is 2.70. The fourth-order valence-electron chi connectivity index (χ4n) is 3.04. The van der Waals surface area contributed by atoms with Gasteiger partial charge >= 0.3 is 6.03 Å². The molecule has 0 fully saturated rings. The lowest BCUT2D eigenvalue weighted by Crippen LogP contribution is -2.43. The highest BCUT2D eigenvalue weighted by Crippen LogP contribution is 2.33. The number of carbonyl (C=O) groups excluding carboxylic acids is 1. The number of aryl methyl sites for hydroxylation is 2. The van der Waals surface area contributed by atoms with Crippen LogP contribution in [0.2, 0.25) is 0 Å². The Kier molecular flexibility index (Phi) is 5.29. The Bertz CT molecular complexity index is 925. The lowest BCUT2D eigenvalue weighted by Gasteiger charge is -2.29. The van der Waals surface area contributed by atoms with Gasteiger partial charge in [-0.3, -0.25) is 0 Å². The SMILES string of the molecule is COCCCc1cccc(CN2C(=O)Nc3c(C)cccc3S2(=O)=O)c1. The summed E-state index contributed by atoms with van der Waals surface area (Å²) in [7, 11) is -2.22. The summed E-state index contributed by atoms with van der Waals surface area (Å²) < 4.78 is 31.8. The fourth-order valence-corrected chi connectivity index (χ4v) is 4.58. The molecule has 2 aromatic rings. The predicted octanol–water partition coefficient (Wildman–Crippen LogP) is 3.31. The Morgan fingerprint density at radius 2 is 1.85 bits per heavy atom. The molecule has 0 saturated heterocycles. The maximum absolute atomic E-state index is 12.9. The Morgan fingerprint density at radius 1 is 1.12 bits per heavy atom. The second-order valence-electron chi connectivity index (χ2n) is 6.31. The number of fused-ring (bicyclic) bond motifs is 1. The number of hydrogen-bond donors (Lipinski definition) is 1. The summed E-state index contributed by atoms with van der Waals surface area (Å²) in [5.41, 5.74) is 2.95. The monoisotopic (exact) mass is 374 g/mol. The smallest absolute Gasteiger partial charge is 0.336 e. The molecule has 0 spiro atoms. The minimum absolute atomic E-state index is 0.000331. The van der Waals surface area contributed by atoms with Gasteiger partial charge in [-0.05, 0) is 42.5 Å². The second kappa shape index (κ2) is 7.47. The molecular formula is C19H22N2O4S. The molecule has 7 heteroatoms. The van der Waals surface area contributed by atoms with Crippen LogP contribution in [0.3, 0.4) is 0 Å². The van der Waals surface area contributed by atoms with Gasteiger partial charge < -0.3 is 10.1 Å². The van der Waals surface area contributed by atoms with E-state index in [-0.39, 0.29) is 11.4 Å². The molecule has 1 N–H and O–H groups in total. The molecule has 0 radical (unpaired) electrons. The summed E-state index contributed by atoms with van der Waals surface area (Å²) in [6, 6.07) is 12.0. The van der Waals surface area contributed by atoms with Crippen LogP contribution < -0.4 is 5.32 Å². The van der Waals surface area contributed by atoms with Gasteiger partial charge in [-0.1, -0.05) is 36.4 Å². The molecule has 0 atom stereocenters. The average molecular weight is 374 g/mol. The molecular weight excluding hydrogens is 352 g/mol. The molecule has 2 amide bonds. The Hall–Kier alpha value is -2.38. The van der Waals surface area contributed by atoms with Gasteiger partial charge in [-0.2, -0.15) is 0 Å². The molecule has 6 nitrogen and oxygen atoms in total. The molecule has 1 aliphatic heterocycles. The van der Waals surface area contributed by atoms with Crippen LogP contribution in [-0.2, 0) is 27.7 Å². The van der Waals surface area contributed by atoms with Gasteiger partial charge in [0.15, 0.2) is 0 Å². The standard InChI is InChI=1S/C19H22N2O4S/c1-14-6-3-10-17-18(14)20-19(22)21(26(17,23)24)13-16-8-4-7-15(12-16)9-5-11-25-2/h3-4,6-8,10,12H,5,9,11,13H2,1-2H3,(H,20,22). The van der Waals surface area contributed by atoms with Crippen LogP contribution in [0.5, 0.6) is 0 Å². The average Bonchev–Trinajstić information content (AvgIpc) is 2.60. The van der Waals surface area contributed by atoms with Crippen molar-refractivity contribution in [1.82, 2.24) is 4.31 Å². The van der Waals surface area contributed by atoms with E-state index in [9.17, 15) is 13.2 Å². The van der Waals surface area contributed by atoms with E-state index in [1.165, 1.54) is 6.07 Å². The van der Waals surface area contributed by atoms with E-state index in [1.54, 1.807) is 26.2 Å². The Balaban J connectivity index is 1.86. The lowest BCUT2D eigenvalue weighted by atomic mass is 10.1. The molecule has 26 heavy (non-hydrogen) atoms. The van der Waals surface area contributed by atoms with Gasteiger partial charge in [0, 0.05) is 13.7 Å². The largest absolute Gasteiger partial charge is 0.385 e. The van der Waals surface area contributed by atoms with Gasteiger partial charge in [0.25, 0.3) is 10.0 Å². The predicted molar refractivity (Wildman–Crippen MR) is 99.6 cm³/mol. The topological polar surface area (TPSA) is 75.7 Å². The number of rotatable bonds is 6. The van der Waals surface area contributed by atoms with Crippen molar-refractivity contribution in [3.8, 4) is 0 Å². The molecule has 3 rings (SSSR count). The number of hydrogen-bond acceptors (Lipinski definition) is 4. The number of nitrogens with zero attached hydrogens (tertiary/aromatic N) is 1. The third-order valence-corrected chi connectivity index (χ3v) is 6.16. The number of sulfonamides is 1. The first kappa shape index (κ1) is 18.4. The highest BCUT2D eigenvalue weighted by atomic mass is 32.2. The highest BCUT2D eigenvalue weighted by molar-refractivity contribution is 7.90. The lowest BCUT2D eigenvalue weighted by molar-refractivity contribution is 0.195. The van der Waals surface area contributed by atoms with E-state index >= 15 is 0 Å². The van der Waals surface area contributed by atoms with Crippen molar-refractivity contribution in [3.05, 3.63) is 59.2 Å². The molecule has 0 aliphatic carbocycles. The zero-order valence-corrected chi connectivity index (χ0v) is 15.7. The van der Waals surface area contributed by atoms with Crippen molar-refractivity contribution in [2.24, 2.45) is 0 Å². The maximum atomic E-state index is 12.9. The van der Waals surface area contributed by atoms with Crippen LogP contribution in [0.25, 0.3) is 0 Å². The van der Waals surface area contributed by atoms with Crippen LogP contribution >= 0.6 is 0 Å². The molecule has 1 aliphatic rings. The van der Waals surface area contributed by atoms with Crippen LogP contribution in [0.1, 0.15) is 23.1 Å². The van der Waals surface area contributed by atoms with Crippen LogP contribution in [-0.4, -0.2) is 32.5 Å². The van der Waals surface area contributed by atoms with E-state index in [0.717, 1.165) is 33.8 Å². The van der Waals surface area contributed by atoms with E-state index in [4.69, 9.17) is 4.74 Å². The van der Waals surface area contributed by atoms with Crippen LogP contribution in [0.4, 0.5) is 10.5 Å². The van der Waals surface area contributed by atoms with Gasteiger partial charge in [0.1, 0.15) is 4.90 Å². The summed E-state index contributed by atoms with van der Waals surface area (Å²) in [5.74, 6) is 0. The fraction of sp³-hybridized carbons (Fsp3) is 0.316. The highest BCUT2D eigenvalue weighted by Gasteiger charge is 2.37. The molecule has 2 aromatic carbocycles. The number of carbonyl (C=O) groups is 1. The maximum Gasteiger partial charge on any atom is 0.336 e.